The zero-order chi connectivity index (χ0) is 27.8. The Balaban J connectivity index is 0.000000327. The maximum atomic E-state index is 13.3. The molecule has 3 aromatic carbocycles. The predicted molar refractivity (Wildman–Crippen MR) is 153 cm³/mol. The Labute approximate surface area is 229 Å². The zero-order valence-electron chi connectivity index (χ0n) is 22.8. The molecule has 39 heavy (non-hydrogen) atoms. The highest BCUT2D eigenvalue weighted by molar-refractivity contribution is 5.90. The molecule has 3 atom stereocenters. The summed E-state index contributed by atoms with van der Waals surface area (Å²) in [6, 6.07) is 24.6. The molecule has 0 bridgehead atoms. The number of aliphatic hydroxyl groups is 1. The first kappa shape index (κ1) is 28.1. The van der Waals surface area contributed by atoms with Crippen molar-refractivity contribution in [2.45, 2.75) is 51.4 Å². The van der Waals surface area contributed by atoms with Gasteiger partial charge < -0.3 is 25.1 Å². The van der Waals surface area contributed by atoms with E-state index in [2.05, 4.69) is 16.7 Å². The Kier molecular flexibility index (Phi) is 9.52. The summed E-state index contributed by atoms with van der Waals surface area (Å²) >= 11 is 0. The molecule has 0 unspecified atom stereocenters. The van der Waals surface area contributed by atoms with E-state index in [-0.39, 0.29) is 11.8 Å². The second-order valence-electron chi connectivity index (χ2n) is 10.2. The van der Waals surface area contributed by atoms with Gasteiger partial charge in [-0.15, -0.1) is 0 Å². The normalized spacial score (nSPS) is 17.2. The summed E-state index contributed by atoms with van der Waals surface area (Å²) in [6.45, 7) is 4.95. The van der Waals surface area contributed by atoms with Crippen LogP contribution in [0.4, 0.5) is 0 Å². The second-order valence-corrected chi connectivity index (χ2v) is 10.2. The molecule has 0 saturated carbocycles. The van der Waals surface area contributed by atoms with Crippen LogP contribution >= 0.6 is 0 Å². The Hall–Kier alpha value is -3.94. The number of fused-ring (bicyclic) bond motifs is 1. The standard InChI is InChI=1S/C24H31N3O3.C8H6O/c1-16-9-10-19(11-17(16)2)12-22(26-23(29)21-13-20(28)14-25-21)24(30)27(3)15-18-7-5-4-6-8-18;1-2-4-8-7(3-1)5-6-9-8/h4-11,20-22,25,28H,12-15H2,1-3H3,(H,26,29);1-6H/t20-,21+,22+;/m1./s1. The number of carbonyl (C=O) groups excluding carboxylic acids is 2. The van der Waals surface area contributed by atoms with Crippen molar-refractivity contribution in [2.24, 2.45) is 0 Å². The number of furan rings is 1. The molecule has 0 spiro atoms. The molecular formula is C32H37N3O4. The van der Waals surface area contributed by atoms with Crippen LogP contribution in [-0.4, -0.2) is 53.6 Å². The molecule has 1 aromatic heterocycles. The topological polar surface area (TPSA) is 94.8 Å². The lowest BCUT2D eigenvalue weighted by Crippen LogP contribution is -2.52. The summed E-state index contributed by atoms with van der Waals surface area (Å²) in [6.07, 6.45) is 1.94. The molecule has 5 rings (SSSR count). The number of hydrogen-bond acceptors (Lipinski definition) is 5. The van der Waals surface area contributed by atoms with Crippen LogP contribution < -0.4 is 10.6 Å². The Morgan fingerprint density at radius 3 is 2.44 bits per heavy atom. The smallest absolute Gasteiger partial charge is 0.245 e. The van der Waals surface area contributed by atoms with E-state index in [0.717, 1.165) is 27.7 Å². The van der Waals surface area contributed by atoms with E-state index in [4.69, 9.17) is 4.42 Å². The maximum Gasteiger partial charge on any atom is 0.245 e. The molecule has 4 aromatic rings. The summed E-state index contributed by atoms with van der Waals surface area (Å²) in [5.74, 6) is -0.383. The van der Waals surface area contributed by atoms with Gasteiger partial charge in [-0.05, 0) is 54.7 Å². The Morgan fingerprint density at radius 2 is 1.74 bits per heavy atom. The minimum absolute atomic E-state index is 0.135. The molecule has 0 aliphatic carbocycles. The lowest BCUT2D eigenvalue weighted by molar-refractivity contribution is -0.136. The van der Waals surface area contributed by atoms with Crippen molar-refractivity contribution < 1.29 is 19.1 Å². The van der Waals surface area contributed by atoms with Crippen LogP contribution in [0.2, 0.25) is 0 Å². The van der Waals surface area contributed by atoms with Crippen molar-refractivity contribution in [1.29, 1.82) is 0 Å². The minimum atomic E-state index is -0.673. The van der Waals surface area contributed by atoms with E-state index < -0.39 is 18.2 Å². The summed E-state index contributed by atoms with van der Waals surface area (Å²) in [5, 5.41) is 16.8. The highest BCUT2D eigenvalue weighted by Gasteiger charge is 2.32. The number of hydrogen-bond donors (Lipinski definition) is 3. The van der Waals surface area contributed by atoms with Crippen molar-refractivity contribution in [1.82, 2.24) is 15.5 Å². The molecule has 1 fully saturated rings. The number of para-hydroxylation sites is 1. The van der Waals surface area contributed by atoms with Crippen molar-refractivity contribution in [3.05, 3.63) is 107 Å². The zero-order valence-corrected chi connectivity index (χ0v) is 22.8. The molecular weight excluding hydrogens is 490 g/mol. The monoisotopic (exact) mass is 527 g/mol. The van der Waals surface area contributed by atoms with Gasteiger partial charge in [0.1, 0.15) is 11.6 Å². The first-order valence-electron chi connectivity index (χ1n) is 13.3. The van der Waals surface area contributed by atoms with Gasteiger partial charge in [-0.1, -0.05) is 66.7 Å². The van der Waals surface area contributed by atoms with E-state index in [1.807, 2.05) is 86.6 Å². The van der Waals surface area contributed by atoms with Gasteiger partial charge in [-0.2, -0.15) is 0 Å². The van der Waals surface area contributed by atoms with Gasteiger partial charge in [-0.3, -0.25) is 9.59 Å². The van der Waals surface area contributed by atoms with Crippen LogP contribution in [0.1, 0.15) is 28.7 Å². The van der Waals surface area contributed by atoms with Gasteiger partial charge in [0.15, 0.2) is 0 Å². The van der Waals surface area contributed by atoms with Gasteiger partial charge in [0.05, 0.1) is 18.4 Å². The third-order valence-electron chi connectivity index (χ3n) is 7.05. The summed E-state index contributed by atoms with van der Waals surface area (Å²) < 4.78 is 5.12. The van der Waals surface area contributed by atoms with Crippen LogP contribution in [0.3, 0.4) is 0 Å². The number of nitrogens with one attached hydrogen (secondary N) is 2. The van der Waals surface area contributed by atoms with Crippen molar-refractivity contribution >= 4 is 22.8 Å². The van der Waals surface area contributed by atoms with Crippen molar-refractivity contribution in [3.8, 4) is 0 Å². The van der Waals surface area contributed by atoms with Gasteiger partial charge in [-0.25, -0.2) is 0 Å². The van der Waals surface area contributed by atoms with E-state index >= 15 is 0 Å². The molecule has 2 heterocycles. The first-order chi connectivity index (χ1) is 18.8. The summed E-state index contributed by atoms with van der Waals surface area (Å²) in [5.41, 5.74) is 5.34. The van der Waals surface area contributed by atoms with E-state index in [1.54, 1.807) is 18.2 Å². The van der Waals surface area contributed by atoms with Crippen LogP contribution in [-0.2, 0) is 22.6 Å². The summed E-state index contributed by atoms with van der Waals surface area (Å²) in [7, 11) is 1.76. The van der Waals surface area contributed by atoms with Gasteiger partial charge in [0.2, 0.25) is 11.8 Å². The molecule has 2 amide bonds. The lowest BCUT2D eigenvalue weighted by atomic mass is 9.99. The van der Waals surface area contributed by atoms with Gasteiger partial charge in [0.25, 0.3) is 0 Å². The number of carbonyl (C=O) groups is 2. The number of amides is 2. The number of likely N-dealkylation sites (N-methyl/N-ethyl adjacent to an activating group) is 1. The SMILES string of the molecule is Cc1ccc(C[C@H](NC(=O)[C@@H]2C[C@@H](O)CN2)C(=O)N(C)Cc2ccccc2)cc1C.c1ccc2occc2c1. The van der Waals surface area contributed by atoms with E-state index in [1.165, 1.54) is 5.56 Å². The number of nitrogens with zero attached hydrogens (tertiary/aromatic N) is 1. The highest BCUT2D eigenvalue weighted by Crippen LogP contribution is 2.15. The number of aryl methyl sites for hydroxylation is 2. The second kappa shape index (κ2) is 13.2. The average Bonchev–Trinajstić information content (AvgIpc) is 3.60. The molecule has 0 radical (unpaired) electrons. The minimum Gasteiger partial charge on any atom is -0.464 e. The molecule has 1 saturated heterocycles. The Bertz CT molecular complexity index is 1350. The third kappa shape index (κ3) is 7.78. The molecule has 1 aliphatic rings. The Morgan fingerprint density at radius 1 is 1.00 bits per heavy atom. The van der Waals surface area contributed by atoms with Gasteiger partial charge in [0, 0.05) is 31.9 Å². The fourth-order valence-corrected chi connectivity index (χ4v) is 4.66. The number of rotatable bonds is 7. The maximum absolute atomic E-state index is 13.3. The first-order valence-corrected chi connectivity index (χ1v) is 13.3. The number of aliphatic hydroxyl groups excluding tert-OH is 1. The van der Waals surface area contributed by atoms with Crippen LogP contribution in [0.25, 0.3) is 11.0 Å². The van der Waals surface area contributed by atoms with Crippen LogP contribution in [0, 0.1) is 13.8 Å². The van der Waals surface area contributed by atoms with Crippen LogP contribution in [0.5, 0.6) is 0 Å². The van der Waals surface area contributed by atoms with Crippen molar-refractivity contribution in [3.63, 3.8) is 0 Å². The number of benzene rings is 3. The predicted octanol–water partition coefficient (Wildman–Crippen LogP) is 4.14. The van der Waals surface area contributed by atoms with E-state index in [0.29, 0.717) is 25.9 Å². The van der Waals surface area contributed by atoms with Gasteiger partial charge >= 0.3 is 0 Å². The molecule has 3 N–H and O–H groups in total. The average molecular weight is 528 g/mol. The van der Waals surface area contributed by atoms with Crippen LogP contribution in [0.15, 0.2) is 89.5 Å². The highest BCUT2D eigenvalue weighted by atomic mass is 16.3. The molecule has 7 nitrogen and oxygen atoms in total. The fraction of sp³-hybridized carbons (Fsp3) is 0.312. The largest absolute Gasteiger partial charge is 0.464 e. The fourth-order valence-electron chi connectivity index (χ4n) is 4.66. The summed E-state index contributed by atoms with van der Waals surface area (Å²) in [4.78, 5) is 27.7. The number of β-amino-alcohol motifs (C(OH)–C–C–N with tert-alkyl or cyclic N) is 1. The molecule has 1 aliphatic heterocycles. The molecule has 204 valence electrons. The quantitative estimate of drug-likeness (QED) is 0.336. The third-order valence-corrected chi connectivity index (χ3v) is 7.05. The van der Waals surface area contributed by atoms with E-state index in [9.17, 15) is 14.7 Å². The lowest BCUT2D eigenvalue weighted by Gasteiger charge is -2.26. The van der Waals surface area contributed by atoms with Crippen molar-refractivity contribution in [2.75, 3.05) is 13.6 Å². The molecule has 7 heteroatoms.